The Morgan fingerprint density at radius 3 is 2.45 bits per heavy atom. The Morgan fingerprint density at radius 1 is 1.41 bits per heavy atom. The van der Waals surface area contributed by atoms with Crippen LogP contribution in [0.15, 0.2) is 12.1 Å². The van der Waals surface area contributed by atoms with Crippen LogP contribution in [-0.4, -0.2) is 46.5 Å². The van der Waals surface area contributed by atoms with Crippen LogP contribution in [0.25, 0.3) is 0 Å². The molecule has 0 aromatic heterocycles. The van der Waals surface area contributed by atoms with Crippen LogP contribution >= 0.6 is 23.2 Å². The lowest BCUT2D eigenvalue weighted by molar-refractivity contribution is -0.152. The molecule has 0 saturated carbocycles. The third-order valence-corrected chi connectivity index (χ3v) is 3.69. The fraction of sp³-hybridized carbons (Fsp3) is 0.308. The van der Waals surface area contributed by atoms with Crippen molar-refractivity contribution in [1.82, 2.24) is 9.96 Å². The van der Waals surface area contributed by atoms with E-state index in [0.717, 1.165) is 4.90 Å². The van der Waals surface area contributed by atoms with Gasteiger partial charge in [0.05, 0.1) is 23.0 Å². The third kappa shape index (κ3) is 3.32. The summed E-state index contributed by atoms with van der Waals surface area (Å²) in [5, 5.41) is 9.79. The highest BCUT2D eigenvalue weighted by Crippen LogP contribution is 2.36. The number of imide groups is 1. The zero-order chi connectivity index (χ0) is 16.4. The second-order valence-electron chi connectivity index (χ2n) is 4.69. The molecule has 3 amide bonds. The SMILES string of the molecule is CN1C(=O)C[C@H](Oc2c(Cl)cc(CN(O)C=O)cc2Cl)C1=O. The molecule has 0 bridgehead atoms. The van der Waals surface area contributed by atoms with Gasteiger partial charge in [0.1, 0.15) is 0 Å². The molecule has 0 aliphatic carbocycles. The van der Waals surface area contributed by atoms with E-state index in [2.05, 4.69) is 0 Å². The summed E-state index contributed by atoms with van der Waals surface area (Å²) in [5.74, 6) is -0.742. The Labute approximate surface area is 135 Å². The van der Waals surface area contributed by atoms with Gasteiger partial charge in [-0.1, -0.05) is 23.2 Å². The molecule has 7 nitrogen and oxygen atoms in total. The molecule has 0 unspecified atom stereocenters. The van der Waals surface area contributed by atoms with E-state index in [-0.39, 0.29) is 41.1 Å². The lowest BCUT2D eigenvalue weighted by Gasteiger charge is -2.16. The monoisotopic (exact) mass is 346 g/mol. The van der Waals surface area contributed by atoms with Crippen molar-refractivity contribution in [2.75, 3.05) is 7.05 Å². The fourth-order valence-corrected chi connectivity index (χ4v) is 2.62. The number of hydrogen-bond acceptors (Lipinski definition) is 5. The van der Waals surface area contributed by atoms with Gasteiger partial charge < -0.3 is 4.74 Å². The lowest BCUT2D eigenvalue weighted by atomic mass is 10.2. The van der Waals surface area contributed by atoms with Crippen molar-refractivity contribution in [3.63, 3.8) is 0 Å². The summed E-state index contributed by atoms with van der Waals surface area (Å²) in [5.41, 5.74) is 0.475. The van der Waals surface area contributed by atoms with Crippen LogP contribution in [0, 0.1) is 0 Å². The van der Waals surface area contributed by atoms with Crippen LogP contribution in [-0.2, 0) is 20.9 Å². The molecule has 1 saturated heterocycles. The minimum atomic E-state index is -0.970. The van der Waals surface area contributed by atoms with Crippen LogP contribution < -0.4 is 4.74 Å². The first-order chi connectivity index (χ1) is 10.3. The molecule has 1 aromatic carbocycles. The van der Waals surface area contributed by atoms with E-state index in [1.165, 1.54) is 19.2 Å². The second-order valence-corrected chi connectivity index (χ2v) is 5.51. The van der Waals surface area contributed by atoms with Gasteiger partial charge in [0.15, 0.2) is 11.9 Å². The number of hydrogen-bond donors (Lipinski definition) is 1. The number of likely N-dealkylation sites (tertiary alicyclic amines) is 1. The average Bonchev–Trinajstić information content (AvgIpc) is 2.70. The predicted molar refractivity (Wildman–Crippen MR) is 76.7 cm³/mol. The van der Waals surface area contributed by atoms with E-state index in [1.54, 1.807) is 0 Å². The van der Waals surface area contributed by atoms with Gasteiger partial charge in [-0.15, -0.1) is 0 Å². The number of hydroxylamine groups is 2. The van der Waals surface area contributed by atoms with Gasteiger partial charge in [0, 0.05) is 7.05 Å². The molecule has 0 radical (unpaired) electrons. The first-order valence-corrected chi connectivity index (χ1v) is 6.95. The Kier molecular flexibility index (Phi) is 4.90. The summed E-state index contributed by atoms with van der Waals surface area (Å²) in [7, 11) is 1.37. The maximum absolute atomic E-state index is 11.8. The number of ether oxygens (including phenoxy) is 1. The summed E-state index contributed by atoms with van der Waals surface area (Å²) in [6.45, 7) is -0.104. The molecule has 118 valence electrons. The minimum Gasteiger partial charge on any atom is -0.477 e. The van der Waals surface area contributed by atoms with Crippen molar-refractivity contribution >= 4 is 41.4 Å². The molecule has 9 heteroatoms. The zero-order valence-electron chi connectivity index (χ0n) is 11.5. The van der Waals surface area contributed by atoms with Gasteiger partial charge in [-0.3, -0.25) is 24.5 Å². The maximum Gasteiger partial charge on any atom is 0.270 e. The van der Waals surface area contributed by atoms with Crippen molar-refractivity contribution in [1.29, 1.82) is 0 Å². The number of likely N-dealkylation sites (N-methyl/N-ethyl adjacent to an activating group) is 1. The van der Waals surface area contributed by atoms with Gasteiger partial charge in [0.2, 0.25) is 12.3 Å². The largest absolute Gasteiger partial charge is 0.477 e. The van der Waals surface area contributed by atoms with Crippen LogP contribution in [0.3, 0.4) is 0 Å². The molecule has 1 aromatic rings. The highest BCUT2D eigenvalue weighted by molar-refractivity contribution is 6.37. The molecule has 1 atom stereocenters. The third-order valence-electron chi connectivity index (χ3n) is 3.12. The molecule has 1 N–H and O–H groups in total. The molecule has 1 aliphatic rings. The van der Waals surface area contributed by atoms with E-state index in [0.29, 0.717) is 10.6 Å². The van der Waals surface area contributed by atoms with Crippen LogP contribution in [0.4, 0.5) is 0 Å². The van der Waals surface area contributed by atoms with Gasteiger partial charge in [-0.25, -0.2) is 5.06 Å². The van der Waals surface area contributed by atoms with Gasteiger partial charge in [-0.05, 0) is 17.7 Å². The highest BCUT2D eigenvalue weighted by atomic mass is 35.5. The number of carbonyl (C=O) groups is 3. The van der Waals surface area contributed by atoms with E-state index < -0.39 is 12.0 Å². The van der Waals surface area contributed by atoms with Crippen molar-refractivity contribution in [3.05, 3.63) is 27.7 Å². The summed E-state index contributed by atoms with van der Waals surface area (Å²) in [6, 6.07) is 2.89. The first kappa shape index (κ1) is 16.5. The van der Waals surface area contributed by atoms with Crippen molar-refractivity contribution in [3.8, 4) is 5.75 Å². The van der Waals surface area contributed by atoms with Crippen LogP contribution in [0.5, 0.6) is 5.75 Å². The van der Waals surface area contributed by atoms with Crippen LogP contribution in [0.2, 0.25) is 10.0 Å². The quantitative estimate of drug-likeness (QED) is 0.377. The number of halogens is 2. The van der Waals surface area contributed by atoms with E-state index in [4.69, 9.17) is 33.1 Å². The fourth-order valence-electron chi connectivity index (χ4n) is 2.00. The number of benzene rings is 1. The second kappa shape index (κ2) is 6.51. The number of carbonyl (C=O) groups excluding carboxylic acids is 3. The number of amides is 3. The van der Waals surface area contributed by atoms with Crippen molar-refractivity contribution in [2.24, 2.45) is 0 Å². The van der Waals surface area contributed by atoms with Crippen molar-refractivity contribution in [2.45, 2.75) is 19.1 Å². The summed E-state index contributed by atoms with van der Waals surface area (Å²) >= 11 is 12.1. The molecule has 1 heterocycles. The standard InChI is InChI=1S/C13H12Cl2N2O5/c1-16-11(19)4-10(13(16)20)22-12-8(14)2-7(3-9(12)15)5-17(21)6-18/h2-3,6,10,21H,4-5H2,1H3/t10-/m0/s1. The minimum absolute atomic E-state index is 0.0733. The van der Waals surface area contributed by atoms with Gasteiger partial charge >= 0.3 is 0 Å². The molecule has 1 aliphatic heterocycles. The summed E-state index contributed by atoms with van der Waals surface area (Å²) in [6.07, 6.45) is -0.813. The van der Waals surface area contributed by atoms with Crippen molar-refractivity contribution < 1.29 is 24.3 Å². The van der Waals surface area contributed by atoms with Gasteiger partial charge in [0.25, 0.3) is 5.91 Å². The normalized spacial score (nSPS) is 17.8. The molecule has 1 fully saturated rings. The highest BCUT2D eigenvalue weighted by Gasteiger charge is 2.38. The molecular formula is C13H12Cl2N2O5. The molecule has 22 heavy (non-hydrogen) atoms. The predicted octanol–water partition coefficient (Wildman–Crippen LogP) is 1.48. The van der Waals surface area contributed by atoms with Gasteiger partial charge in [-0.2, -0.15) is 0 Å². The Hall–Kier alpha value is -1.83. The number of nitrogens with zero attached hydrogens (tertiary/aromatic N) is 2. The van der Waals surface area contributed by atoms with E-state index in [1.807, 2.05) is 0 Å². The van der Waals surface area contributed by atoms with E-state index in [9.17, 15) is 14.4 Å². The summed E-state index contributed by atoms with van der Waals surface area (Å²) in [4.78, 5) is 34.6. The smallest absolute Gasteiger partial charge is 0.270 e. The van der Waals surface area contributed by atoms with Crippen LogP contribution in [0.1, 0.15) is 12.0 Å². The number of rotatable bonds is 5. The average molecular weight is 347 g/mol. The zero-order valence-corrected chi connectivity index (χ0v) is 13.0. The topological polar surface area (TPSA) is 87.2 Å². The molecule has 0 spiro atoms. The Bertz CT molecular complexity index is 614. The summed E-state index contributed by atoms with van der Waals surface area (Å²) < 4.78 is 5.45. The Morgan fingerprint density at radius 2 is 2.00 bits per heavy atom. The first-order valence-electron chi connectivity index (χ1n) is 6.19. The van der Waals surface area contributed by atoms with E-state index >= 15 is 0 Å². The Balaban J connectivity index is 2.20. The molecule has 2 rings (SSSR count). The molecular weight excluding hydrogens is 335 g/mol. The maximum atomic E-state index is 11.8. The lowest BCUT2D eigenvalue weighted by Crippen LogP contribution is -2.30.